The smallest absolute Gasteiger partial charge is 0.268 e. The van der Waals surface area contributed by atoms with E-state index in [1.807, 2.05) is 163 Å². The van der Waals surface area contributed by atoms with Crippen molar-refractivity contribution in [2.45, 2.75) is 90.0 Å². The molecule has 2 saturated carbocycles. The summed E-state index contributed by atoms with van der Waals surface area (Å²) in [6.45, 7) is 6.81. The highest BCUT2D eigenvalue weighted by atomic mass is 35.5. The Hall–Kier alpha value is -12.1. The summed E-state index contributed by atoms with van der Waals surface area (Å²) in [5, 5.41) is 25.7. The molecule has 3 aliphatic rings. The van der Waals surface area contributed by atoms with Crippen molar-refractivity contribution in [2.24, 2.45) is 17.8 Å². The fourth-order valence-electron chi connectivity index (χ4n) is 14.5. The molecule has 0 radical (unpaired) electrons. The molecule has 614 valence electrons. The summed E-state index contributed by atoms with van der Waals surface area (Å²) in [6, 6.07) is 59.8. The number of aromatic amines is 5. The minimum Gasteiger partial charge on any atom is -0.497 e. The lowest BCUT2D eigenvalue weighted by Gasteiger charge is -2.33. The van der Waals surface area contributed by atoms with E-state index < -0.39 is 0 Å². The van der Waals surface area contributed by atoms with Crippen LogP contribution in [0.2, 0.25) is 20.1 Å². The molecule has 1 aliphatic heterocycles. The van der Waals surface area contributed by atoms with E-state index >= 15 is 0 Å². The number of hydrogen-bond acceptors (Lipinski definition) is 13. The fraction of sp³-hybridized carbons (Fsp3) is 0.247. The first kappa shape index (κ1) is 84.3. The summed E-state index contributed by atoms with van der Waals surface area (Å²) in [5.41, 5.74) is 12.7. The lowest BCUT2D eigenvalue weighted by molar-refractivity contribution is -0.134. The van der Waals surface area contributed by atoms with E-state index in [9.17, 15) is 33.6 Å². The molecular weight excluding hydrogens is 1620 g/mol. The second kappa shape index (κ2) is 39.2. The van der Waals surface area contributed by atoms with Gasteiger partial charge in [0.25, 0.3) is 23.6 Å². The summed E-state index contributed by atoms with van der Waals surface area (Å²) in [7, 11) is 3.21. The first-order valence-electron chi connectivity index (χ1n) is 39.8. The zero-order chi connectivity index (χ0) is 83.9. The van der Waals surface area contributed by atoms with Crippen LogP contribution in [-0.2, 0) is 17.6 Å². The molecule has 3 atom stereocenters. The number of benzene rings is 7. The standard InChI is InChI=1S/C21H17ClN2O3.C20H19ClN2O.C19H22ClN3O2.C19H19N3O2.C14H12ClN3OS/c1-26-16-4-2-3-13(10-16)19-12-17(27-24-19)6-8-21(25)20-11-14-9-15(22)5-7-18(14)23-20;1-12-6-7-22-18(8-12)16(13-2-3-13)11-20(24)19-10-14-9-15(21)4-5-17(14)23-19;20-15-5-6-16-14(8-15)9-17(22-16)18(24)21-10-12-2-1-7-23(11-12)19(25)13-3-4-13;1-12(13-6-4-3-5-7-13)21-19(24)17-11-15-10-14(18(23)20-2)8-9-16(15)22-17;15-10-1-2-11-9(7-10)8-12(18-11)14(19)17-4-3-13-16-5-6-20-13/h2-5,7,9-12,23H,6,8H2,1H3;4-10,13,16,23H,2-3,11H2,1H3;5-6,8-9,12-13,22H,1-4,7,10-11H2,(H,21,24);3-12,22H,1-2H3,(H,20,23)(H,21,24);1-2,5-8,18H,3-4H2,(H,17,19). The maximum absolute atomic E-state index is 12.8. The largest absolute Gasteiger partial charge is 0.497 e. The number of Topliss-reactive ketones (excluding diaryl/α,β-unsaturated/α-hetero) is 2. The van der Waals surface area contributed by atoms with Crippen LogP contribution in [0.3, 0.4) is 0 Å². The van der Waals surface area contributed by atoms with Gasteiger partial charge in [-0.25, -0.2) is 4.98 Å². The van der Waals surface area contributed by atoms with E-state index in [1.165, 1.54) is 18.4 Å². The van der Waals surface area contributed by atoms with E-state index in [0.717, 1.165) is 133 Å². The van der Waals surface area contributed by atoms with Crippen molar-refractivity contribution in [1.29, 1.82) is 0 Å². The van der Waals surface area contributed by atoms with Crippen LogP contribution >= 0.6 is 57.7 Å². The first-order valence-corrected chi connectivity index (χ1v) is 42.2. The number of pyridine rings is 1. The zero-order valence-corrected chi connectivity index (χ0v) is 70.2. The van der Waals surface area contributed by atoms with Crippen LogP contribution in [0.4, 0.5) is 0 Å². The number of H-pyrrole nitrogens is 5. The van der Waals surface area contributed by atoms with Gasteiger partial charge in [0, 0.05) is 186 Å². The second-order valence-electron chi connectivity index (χ2n) is 30.2. The van der Waals surface area contributed by atoms with Gasteiger partial charge < -0.3 is 60.3 Å². The van der Waals surface area contributed by atoms with Crippen molar-refractivity contribution in [3.63, 3.8) is 0 Å². The molecule has 9 N–H and O–H groups in total. The van der Waals surface area contributed by atoms with Crippen LogP contribution in [0.15, 0.2) is 216 Å². The van der Waals surface area contributed by atoms with E-state index in [1.54, 1.807) is 80.2 Å². The quantitative estimate of drug-likeness (QED) is 0.0270. The normalized spacial score (nSPS) is 14.1. The molecule has 5 amide bonds. The third-order valence-electron chi connectivity index (χ3n) is 21.3. The van der Waals surface area contributed by atoms with Crippen molar-refractivity contribution in [2.75, 3.05) is 40.3 Å². The first-order chi connectivity index (χ1) is 58.1. The van der Waals surface area contributed by atoms with Gasteiger partial charge >= 0.3 is 0 Å². The number of nitrogens with one attached hydrogen (secondary N) is 9. The molecule has 0 spiro atoms. The topological polar surface area (TPSA) is 311 Å². The molecule has 22 nitrogen and oxygen atoms in total. The Balaban J connectivity index is 0.000000123. The Labute approximate surface area is 716 Å². The lowest BCUT2D eigenvalue weighted by Crippen LogP contribution is -2.44. The molecule has 0 bridgehead atoms. The van der Waals surface area contributed by atoms with E-state index in [-0.39, 0.29) is 53.1 Å². The highest BCUT2D eigenvalue weighted by molar-refractivity contribution is 7.09. The van der Waals surface area contributed by atoms with Gasteiger partial charge in [-0.15, -0.1) is 11.3 Å². The molecule has 2 aliphatic carbocycles. The summed E-state index contributed by atoms with van der Waals surface area (Å²) in [6.07, 6.45) is 12.2. The SMILES string of the molecule is CNC(=O)c1ccc2[nH]c(C(=O)NC(C)c3ccccc3)cc2c1.COc1cccc(-c2cc(CCC(=O)c3cc4cc(Cl)ccc4[nH]3)on2)c1.Cc1ccnc(C(CC(=O)c2cc3cc(Cl)ccc3[nH]2)C2CC2)c1.O=C(NCC1CCCN(C(=O)C2CC2)C1)c1cc2cc(Cl)ccc2[nH]1.O=C(NCCc1nccs1)c1cc2cc(Cl)ccc2[nH]1. The van der Waals surface area contributed by atoms with Crippen LogP contribution < -0.4 is 26.0 Å². The molecule has 27 heteroatoms. The van der Waals surface area contributed by atoms with Gasteiger partial charge in [0.05, 0.1) is 29.5 Å². The van der Waals surface area contributed by atoms with Crippen LogP contribution in [0, 0.1) is 24.7 Å². The van der Waals surface area contributed by atoms with Crippen molar-refractivity contribution >= 4 is 153 Å². The highest BCUT2D eigenvalue weighted by Gasteiger charge is 2.37. The van der Waals surface area contributed by atoms with Crippen molar-refractivity contribution < 1.29 is 42.8 Å². The number of piperidine rings is 1. The molecule has 9 heterocycles. The predicted molar refractivity (Wildman–Crippen MR) is 474 cm³/mol. The number of ketones is 2. The van der Waals surface area contributed by atoms with E-state index in [2.05, 4.69) is 74.3 Å². The number of carbonyl (C=O) groups is 7. The van der Waals surface area contributed by atoms with Gasteiger partial charge in [-0.3, -0.25) is 38.5 Å². The predicted octanol–water partition coefficient (Wildman–Crippen LogP) is 20.1. The number of nitrogens with zero attached hydrogens (tertiary/aromatic N) is 4. The highest BCUT2D eigenvalue weighted by Crippen LogP contribution is 2.45. The number of fused-ring (bicyclic) bond motifs is 5. The number of rotatable bonds is 23. The van der Waals surface area contributed by atoms with Crippen molar-refractivity contribution in [1.82, 2.24) is 66.2 Å². The zero-order valence-electron chi connectivity index (χ0n) is 66.4. The molecule has 18 rings (SSSR count). The summed E-state index contributed by atoms with van der Waals surface area (Å²) in [5.74, 6) is 2.73. The van der Waals surface area contributed by atoms with Crippen molar-refractivity contribution in [3.8, 4) is 17.0 Å². The van der Waals surface area contributed by atoms with Crippen LogP contribution in [0.5, 0.6) is 5.75 Å². The van der Waals surface area contributed by atoms with Crippen LogP contribution in [-0.4, -0.2) is 126 Å². The molecular formula is C93H89Cl4N13O9S. The molecule has 15 aromatic rings. The van der Waals surface area contributed by atoms with Crippen LogP contribution in [0.25, 0.3) is 65.8 Å². The molecule has 3 fully saturated rings. The van der Waals surface area contributed by atoms with Gasteiger partial charge in [-0.1, -0.05) is 94.0 Å². The number of aromatic nitrogens is 8. The van der Waals surface area contributed by atoms with Crippen molar-refractivity contribution in [3.05, 3.63) is 294 Å². The number of methoxy groups -OCH3 is 1. The third-order valence-corrected chi connectivity index (χ3v) is 23.1. The van der Waals surface area contributed by atoms with Crippen LogP contribution in [0.1, 0.15) is 161 Å². The Bertz CT molecular complexity index is 6180. The minimum absolute atomic E-state index is 0.0154. The molecule has 3 unspecified atom stereocenters. The van der Waals surface area contributed by atoms with Gasteiger partial charge in [0.2, 0.25) is 5.91 Å². The maximum atomic E-state index is 12.8. The summed E-state index contributed by atoms with van der Waals surface area (Å²) < 4.78 is 10.6. The minimum atomic E-state index is -0.177. The average molecular weight is 1710 g/mol. The third kappa shape index (κ3) is 22.2. The van der Waals surface area contributed by atoms with Gasteiger partial charge in [-0.2, -0.15) is 0 Å². The number of likely N-dealkylation sites (tertiary alicyclic amines) is 1. The second-order valence-corrected chi connectivity index (χ2v) is 32.9. The Morgan fingerprint density at radius 3 is 1.70 bits per heavy atom. The molecule has 7 aromatic carbocycles. The fourth-order valence-corrected chi connectivity index (χ4v) is 15.9. The maximum Gasteiger partial charge on any atom is 0.268 e. The number of halogens is 4. The summed E-state index contributed by atoms with van der Waals surface area (Å²) in [4.78, 5) is 112. The van der Waals surface area contributed by atoms with E-state index in [4.69, 9.17) is 55.7 Å². The van der Waals surface area contributed by atoms with Gasteiger partial charge in [0.15, 0.2) is 11.6 Å². The number of amides is 5. The van der Waals surface area contributed by atoms with E-state index in [0.29, 0.717) is 110 Å². The Kier molecular flexibility index (Phi) is 27.5. The number of carbonyl (C=O) groups excluding carboxylic acids is 7. The number of thiazole rings is 1. The van der Waals surface area contributed by atoms with Gasteiger partial charge in [0.1, 0.15) is 34.3 Å². The number of ether oxygens (including phenoxy) is 1. The Morgan fingerprint density at radius 2 is 1.13 bits per heavy atom. The number of aryl methyl sites for hydroxylation is 2. The number of hydrogen-bond donors (Lipinski definition) is 9. The average Bonchev–Trinajstić information content (AvgIpc) is 1.66. The monoisotopic (exact) mass is 1700 g/mol. The molecule has 1 saturated heterocycles. The summed E-state index contributed by atoms with van der Waals surface area (Å²) >= 11 is 25.5. The molecule has 120 heavy (non-hydrogen) atoms. The lowest BCUT2D eigenvalue weighted by atomic mass is 9.91. The molecule has 8 aromatic heterocycles. The van der Waals surface area contributed by atoms with Gasteiger partial charge in [-0.05, 0) is 221 Å². The Morgan fingerprint density at radius 1 is 0.567 bits per heavy atom.